The van der Waals surface area contributed by atoms with Gasteiger partial charge in [-0.15, -0.1) is 0 Å². The number of fused-ring (bicyclic) bond motifs is 7. The minimum atomic E-state index is -5.46. The maximum Gasteiger partial charge on any atom is 3.00 e. The van der Waals surface area contributed by atoms with Gasteiger partial charge in [0.15, 0.2) is 17.7 Å². The van der Waals surface area contributed by atoms with Gasteiger partial charge in [0, 0.05) is 115 Å². The number of carbonyl (C=O) groups is 7. The van der Waals surface area contributed by atoms with Crippen molar-refractivity contribution in [3.8, 4) is 0 Å². The number of hydrogen-bond acceptors (Lipinski definition) is 24. The number of allylic oxidation sites excluding steroid dienone is 6. The fourth-order valence-corrected chi connectivity index (χ4v) is 16.8. The van der Waals surface area contributed by atoms with Crippen LogP contribution < -0.4 is 50.3 Å². The number of nitrogens with one attached hydrogen (secondary N) is 1. The van der Waals surface area contributed by atoms with Gasteiger partial charge in [-0.2, -0.15) is 15.7 Å². The number of rotatable bonds is 27. The Morgan fingerprint density at radius 2 is 1.43 bits per heavy atom. The van der Waals surface area contributed by atoms with Gasteiger partial charge in [0.25, 0.3) is 13.0 Å². The van der Waals surface area contributed by atoms with E-state index in [0.29, 0.717) is 45.4 Å². The van der Waals surface area contributed by atoms with Crippen LogP contribution in [0.1, 0.15) is 139 Å². The largest absolute Gasteiger partial charge is 3.00 e. The second-order valence-corrected chi connectivity index (χ2v) is 30.1. The molecule has 36 heteroatoms. The van der Waals surface area contributed by atoms with Gasteiger partial charge in [-0.25, -0.2) is 13.4 Å². The summed E-state index contributed by atoms with van der Waals surface area (Å²) in [5.41, 5.74) is 38.9. The molecule has 33 nitrogen and oxygen atoms in total. The van der Waals surface area contributed by atoms with Gasteiger partial charge in [-0.1, -0.05) is 40.7 Å². The first kappa shape index (κ1) is 77.6. The van der Waals surface area contributed by atoms with Crippen LogP contribution in [0.3, 0.4) is 0 Å². The second-order valence-electron chi connectivity index (χ2n) is 26.9. The van der Waals surface area contributed by atoms with E-state index >= 15 is 0 Å². The van der Waals surface area contributed by atoms with Gasteiger partial charge in [-0.05, 0) is 81.9 Å². The molecule has 0 aliphatic carbocycles. The smallest absolute Gasteiger partial charge is 0.756 e. The first-order valence-corrected chi connectivity index (χ1v) is 34.0. The summed E-state index contributed by atoms with van der Waals surface area (Å²) in [7, 11) is -9.38. The van der Waals surface area contributed by atoms with Crippen molar-refractivity contribution >= 4 is 93.1 Å². The molecule has 8 rings (SSSR count). The second kappa shape index (κ2) is 29.0. The minimum absolute atomic E-state index is 0. The molecule has 15 unspecified atom stereocenters. The van der Waals surface area contributed by atoms with Crippen LogP contribution in [0.5, 0.6) is 0 Å². The summed E-state index contributed by atoms with van der Waals surface area (Å²) < 4.78 is 55.5. The van der Waals surface area contributed by atoms with E-state index < -0.39 is 165 Å². The van der Waals surface area contributed by atoms with Crippen molar-refractivity contribution in [2.75, 3.05) is 25.1 Å². The summed E-state index contributed by atoms with van der Waals surface area (Å²) in [6.07, 6.45) is -5.63. The van der Waals surface area contributed by atoms with E-state index in [1.165, 1.54) is 6.92 Å². The first-order chi connectivity index (χ1) is 44.0. The van der Waals surface area contributed by atoms with Crippen molar-refractivity contribution < 1.29 is 92.2 Å². The van der Waals surface area contributed by atoms with Crippen LogP contribution in [0.15, 0.2) is 60.8 Å². The Morgan fingerprint density at radius 1 is 0.844 bits per heavy atom. The monoisotopic (exact) mass is 1420 g/mol. The predicted molar refractivity (Wildman–Crippen MR) is 340 cm³/mol. The molecule has 7 amide bonds. The van der Waals surface area contributed by atoms with Crippen LogP contribution in [0.4, 0.5) is 5.82 Å². The number of imidazole rings is 1. The minimum Gasteiger partial charge on any atom is -0.756 e. The number of aliphatic hydroxyl groups excluding tert-OH is 2. The number of nitrogen functional groups attached to an aromatic ring is 1. The zero-order valence-corrected chi connectivity index (χ0v) is 57.7. The fourth-order valence-electron chi connectivity index (χ4n) is 15.1. The van der Waals surface area contributed by atoms with Gasteiger partial charge >= 0.3 is 16.8 Å². The standard InChI is InChI=1S/C59H87N16O16PS.CN.Co/c1-26(90-92(85,86)91-47-34(24-76)89-53(46(47)84)75-25-68-52-45(75)51(66)72-54(73-52)93(10,87)88)23-67-42(83)17-18-56(6)32(19-39(63)80)50-59(9)58(8,22-41(65)82)31(13-16-38(62)79)44(74-59)28(3)49-57(7,21-40(64)81)29(11-14-36(60)77)33(69-49)20-35-55(4,5)30(12-15-37(61)78)43(70-35)27(2)48(56)71-50;1-2;/h20,25-26,29-32,34,46-47,50,53,76,84H,11-19,21-24H2,1-10H3,(H17,60,61,62,63,64,65,66,67,69,70,71,72,73,74,77,78,79,80,81,82,83,85,86);;/q;-1;+3/p-2. The molecule has 96 heavy (non-hydrogen) atoms. The molecule has 8 heterocycles. The normalized spacial score (nSPS) is 32.6. The maximum absolute atomic E-state index is 14.4. The zero-order valence-electron chi connectivity index (χ0n) is 55.0. The van der Waals surface area contributed by atoms with Crippen LogP contribution in [0.2, 0.25) is 0 Å². The Kier molecular flexibility index (Phi) is 23.4. The molecule has 2 fully saturated rings. The number of amides is 7. The molecule has 6 aliphatic heterocycles. The maximum atomic E-state index is 14.4. The van der Waals surface area contributed by atoms with Crippen molar-refractivity contribution in [2.45, 2.75) is 180 Å². The third-order valence-electron chi connectivity index (χ3n) is 20.1. The van der Waals surface area contributed by atoms with Crippen molar-refractivity contribution in [3.63, 3.8) is 0 Å². The number of aliphatic imine (C=N–C) groups is 3. The van der Waals surface area contributed by atoms with Crippen molar-refractivity contribution in [1.82, 2.24) is 24.8 Å². The third kappa shape index (κ3) is 15.0. The van der Waals surface area contributed by atoms with E-state index in [1.54, 1.807) is 33.8 Å². The Balaban J connectivity index is 0.00000481. The number of nitrogens with two attached hydrogens (primary N) is 7. The van der Waals surface area contributed by atoms with E-state index in [9.17, 15) is 61.7 Å². The molecule has 6 aliphatic rings. The quantitative estimate of drug-likeness (QED) is 0.0332. The number of ether oxygens (including phenoxy) is 1. The zero-order chi connectivity index (χ0) is 71.2. The van der Waals surface area contributed by atoms with E-state index in [4.69, 9.17) is 86.0 Å². The molecule has 0 aromatic carbocycles. The average Bonchev–Trinajstić information content (AvgIpc) is 1.53. The summed E-state index contributed by atoms with van der Waals surface area (Å²) >= 11 is 0. The van der Waals surface area contributed by atoms with Crippen LogP contribution in [0.25, 0.3) is 16.5 Å². The molecular weight excluding hydrogens is 1340 g/mol. The topological polar surface area (TPSA) is 575 Å². The molecule has 526 valence electrons. The number of nitrogens with zero attached hydrogens (tertiary/aromatic N) is 9. The molecule has 8 bridgehead atoms. The van der Waals surface area contributed by atoms with Gasteiger partial charge in [0.2, 0.25) is 51.2 Å². The first-order valence-electron chi connectivity index (χ1n) is 30.7. The van der Waals surface area contributed by atoms with Gasteiger partial charge in [0.1, 0.15) is 30.2 Å². The number of aromatic nitrogens is 4. The molecule has 15 atom stereocenters. The summed E-state index contributed by atoms with van der Waals surface area (Å²) in [4.78, 5) is 135. The van der Waals surface area contributed by atoms with E-state index in [-0.39, 0.29) is 104 Å². The molecule has 2 saturated heterocycles. The predicted octanol–water partition coefficient (Wildman–Crippen LogP) is 0.568. The Morgan fingerprint density at radius 3 is 1.98 bits per heavy atom. The molecule has 0 saturated carbocycles. The van der Waals surface area contributed by atoms with Crippen LogP contribution in [-0.2, 0) is 78.5 Å². The van der Waals surface area contributed by atoms with Crippen LogP contribution in [0, 0.1) is 57.2 Å². The van der Waals surface area contributed by atoms with E-state index in [0.717, 1.165) is 17.2 Å². The van der Waals surface area contributed by atoms with E-state index in [1.807, 2.05) is 27.7 Å². The number of sulfone groups is 1. The molecule has 0 radical (unpaired) electrons. The number of phosphoric ester groups is 1. The number of aliphatic hydroxyl groups is 2. The Labute approximate surface area is 565 Å². The molecule has 0 spiro atoms. The Bertz CT molecular complexity index is 3870. The van der Waals surface area contributed by atoms with Crippen LogP contribution >= 0.6 is 7.82 Å². The molecule has 2 aromatic rings. The summed E-state index contributed by atoms with van der Waals surface area (Å²) in [6, 6.07) is -1.09. The number of primary amides is 6. The summed E-state index contributed by atoms with van der Waals surface area (Å²) in [6.45, 7) is 19.4. The van der Waals surface area contributed by atoms with Gasteiger partial charge in [-0.3, -0.25) is 57.7 Å². The number of carbonyl (C=O) groups excluding carboxylic acids is 7. The Hall–Kier alpha value is -7.39. The fraction of sp³-hybridized carbons (Fsp3) is 0.633. The molecule has 17 N–H and O–H groups in total. The average molecular weight is 1420 g/mol. The summed E-state index contributed by atoms with van der Waals surface area (Å²) in [5, 5.41) is 35.6. The SMILES string of the molecule is C/C1=C2N=C(/C=C3N=C(/C(C)=C4\[N-]C(C(CC(N)=O)C4(C)CCC(=O)NCC(C)OP(=O)([O-])OC4C(CO)OC(n5cnc6nc(S(C)(=O)=O)nc(N)c65)C4O)C4(C)N=C1C(CCC(N)=O)C4(C)CC(N)=O)C(CCC(N)=O)C\3(C)C)C(CCC(N)=O)C/2(C)CC(N)=O.[C-]#N.[Co+3]. The molecular formula is C60H85CoN17O16PS. The van der Waals surface area contributed by atoms with Crippen LogP contribution in [-0.4, -0.2) is 152 Å². The number of hydrogen-bond donors (Lipinski definition) is 10. The van der Waals surface area contributed by atoms with Gasteiger partial charge in [0.05, 0.1) is 23.9 Å². The van der Waals surface area contributed by atoms with Crippen molar-refractivity contribution in [3.05, 3.63) is 52.5 Å². The number of anilines is 1. The summed E-state index contributed by atoms with van der Waals surface area (Å²) in [5.74, 6) is -8.06. The number of phosphoric acid groups is 1. The van der Waals surface area contributed by atoms with E-state index in [2.05, 4.69) is 20.3 Å². The van der Waals surface area contributed by atoms with Gasteiger partial charge < -0.3 is 91.5 Å². The van der Waals surface area contributed by atoms with Crippen molar-refractivity contribution in [2.24, 2.45) is 94.7 Å². The molecule has 2 aromatic heterocycles. The third-order valence-corrected chi connectivity index (χ3v) is 22.0. The van der Waals surface area contributed by atoms with Crippen molar-refractivity contribution in [1.29, 1.82) is 5.26 Å².